The molecule has 0 radical (unpaired) electrons. The van der Waals surface area contributed by atoms with Gasteiger partial charge in [-0.15, -0.1) is 11.6 Å². The molecule has 0 spiro atoms. The van der Waals surface area contributed by atoms with Crippen molar-refractivity contribution in [3.05, 3.63) is 59.7 Å². The van der Waals surface area contributed by atoms with Gasteiger partial charge in [-0.3, -0.25) is 4.98 Å². The molecule has 2 aromatic heterocycles. The number of aromatic nitrogens is 3. The fourth-order valence-electron chi connectivity index (χ4n) is 2.41. The van der Waals surface area contributed by atoms with Gasteiger partial charge in [0.1, 0.15) is 5.82 Å². The van der Waals surface area contributed by atoms with Crippen molar-refractivity contribution in [2.24, 2.45) is 0 Å². The lowest BCUT2D eigenvalue weighted by Gasteiger charge is -2.08. The van der Waals surface area contributed by atoms with Crippen LogP contribution in [-0.2, 0) is 13.0 Å². The van der Waals surface area contributed by atoms with Gasteiger partial charge in [-0.1, -0.05) is 6.07 Å². The first kappa shape index (κ1) is 13.1. The third kappa shape index (κ3) is 2.54. The lowest BCUT2D eigenvalue weighted by Crippen LogP contribution is -2.06. The Morgan fingerprint density at radius 2 is 1.95 bits per heavy atom. The summed E-state index contributed by atoms with van der Waals surface area (Å²) in [6, 6.07) is 10.4. The van der Waals surface area contributed by atoms with E-state index >= 15 is 0 Å². The number of aryl methyl sites for hydroxylation is 2. The number of nitrogens with zero attached hydrogens (tertiary/aromatic N) is 3. The molecule has 3 rings (SSSR count). The molecule has 0 aliphatic carbocycles. The summed E-state index contributed by atoms with van der Waals surface area (Å²) in [6.45, 7) is 2.89. The van der Waals surface area contributed by atoms with Crippen LogP contribution in [0, 0.1) is 6.92 Å². The average molecular weight is 286 g/mol. The van der Waals surface area contributed by atoms with Crippen molar-refractivity contribution in [2.45, 2.75) is 19.9 Å². The molecular formula is C16H16ClN3. The molecule has 0 atom stereocenters. The van der Waals surface area contributed by atoms with Gasteiger partial charge in [0.2, 0.25) is 0 Å². The molecule has 4 heteroatoms. The third-order valence-electron chi connectivity index (χ3n) is 3.39. The first-order valence-electron chi connectivity index (χ1n) is 6.68. The summed E-state index contributed by atoms with van der Waals surface area (Å²) in [5, 5.41) is 0. The summed E-state index contributed by atoms with van der Waals surface area (Å²) in [5.41, 5.74) is 4.64. The molecule has 102 valence electrons. The van der Waals surface area contributed by atoms with E-state index in [0.29, 0.717) is 5.88 Å². The largest absolute Gasteiger partial charge is 0.323 e. The first-order valence-corrected chi connectivity index (χ1v) is 7.22. The minimum absolute atomic E-state index is 0.582. The molecule has 0 saturated carbocycles. The minimum Gasteiger partial charge on any atom is -0.323 e. The van der Waals surface area contributed by atoms with Gasteiger partial charge in [0.15, 0.2) is 0 Å². The van der Waals surface area contributed by atoms with E-state index in [1.807, 2.05) is 24.5 Å². The number of hydrogen-bond donors (Lipinski definition) is 0. The van der Waals surface area contributed by atoms with Crippen LogP contribution in [0.4, 0.5) is 0 Å². The zero-order valence-electron chi connectivity index (χ0n) is 11.4. The summed E-state index contributed by atoms with van der Waals surface area (Å²) in [6.07, 6.45) is 4.42. The molecule has 3 aromatic rings. The van der Waals surface area contributed by atoms with Crippen molar-refractivity contribution >= 4 is 22.6 Å². The average Bonchev–Trinajstić information content (AvgIpc) is 2.77. The Bertz CT molecular complexity index is 719. The maximum atomic E-state index is 5.91. The van der Waals surface area contributed by atoms with E-state index < -0.39 is 0 Å². The maximum absolute atomic E-state index is 5.91. The summed E-state index contributed by atoms with van der Waals surface area (Å²) in [4.78, 5) is 8.78. The van der Waals surface area contributed by atoms with Gasteiger partial charge in [-0.25, -0.2) is 4.98 Å². The van der Waals surface area contributed by atoms with E-state index in [9.17, 15) is 0 Å². The second kappa shape index (κ2) is 5.63. The van der Waals surface area contributed by atoms with E-state index in [-0.39, 0.29) is 0 Å². The van der Waals surface area contributed by atoms with Crippen LogP contribution in [-0.4, -0.2) is 20.4 Å². The SMILES string of the molecule is Cc1ccc2c(c1)nc(CCCl)n2Cc1ccncc1. The van der Waals surface area contributed by atoms with Gasteiger partial charge < -0.3 is 4.57 Å². The van der Waals surface area contributed by atoms with E-state index in [4.69, 9.17) is 16.6 Å². The van der Waals surface area contributed by atoms with Crippen molar-refractivity contribution in [2.75, 3.05) is 5.88 Å². The molecule has 3 nitrogen and oxygen atoms in total. The number of imidazole rings is 1. The number of alkyl halides is 1. The number of halogens is 1. The molecule has 20 heavy (non-hydrogen) atoms. The molecule has 0 aliphatic heterocycles. The summed E-state index contributed by atoms with van der Waals surface area (Å²) < 4.78 is 2.24. The monoisotopic (exact) mass is 285 g/mol. The minimum atomic E-state index is 0.582. The highest BCUT2D eigenvalue weighted by Gasteiger charge is 2.10. The Morgan fingerprint density at radius 3 is 2.70 bits per heavy atom. The maximum Gasteiger partial charge on any atom is 0.111 e. The predicted octanol–water partition coefficient (Wildman–Crippen LogP) is 3.57. The van der Waals surface area contributed by atoms with Crippen LogP contribution in [0.25, 0.3) is 11.0 Å². The van der Waals surface area contributed by atoms with Crippen LogP contribution in [0.3, 0.4) is 0 Å². The van der Waals surface area contributed by atoms with E-state index in [1.165, 1.54) is 11.1 Å². The van der Waals surface area contributed by atoms with E-state index in [1.54, 1.807) is 0 Å². The molecule has 0 aliphatic rings. The highest BCUT2D eigenvalue weighted by Crippen LogP contribution is 2.20. The topological polar surface area (TPSA) is 30.7 Å². The second-order valence-electron chi connectivity index (χ2n) is 4.90. The predicted molar refractivity (Wildman–Crippen MR) is 82.2 cm³/mol. The molecule has 0 N–H and O–H groups in total. The zero-order chi connectivity index (χ0) is 13.9. The summed E-state index contributed by atoms with van der Waals surface area (Å²) in [5.74, 6) is 1.62. The Balaban J connectivity index is 2.09. The van der Waals surface area contributed by atoms with Gasteiger partial charge in [0, 0.05) is 31.2 Å². The number of rotatable bonds is 4. The summed E-state index contributed by atoms with van der Waals surface area (Å²) >= 11 is 5.91. The molecule has 0 amide bonds. The van der Waals surface area contributed by atoms with Crippen LogP contribution in [0.5, 0.6) is 0 Å². The van der Waals surface area contributed by atoms with E-state index in [0.717, 1.165) is 29.8 Å². The van der Waals surface area contributed by atoms with Crippen molar-refractivity contribution in [3.8, 4) is 0 Å². The van der Waals surface area contributed by atoms with Crippen molar-refractivity contribution in [1.29, 1.82) is 0 Å². The Hall–Kier alpha value is -1.87. The molecule has 0 fully saturated rings. The Kier molecular flexibility index (Phi) is 3.70. The van der Waals surface area contributed by atoms with E-state index in [2.05, 4.69) is 34.7 Å². The van der Waals surface area contributed by atoms with Crippen molar-refractivity contribution in [1.82, 2.24) is 14.5 Å². The van der Waals surface area contributed by atoms with Gasteiger partial charge in [-0.05, 0) is 42.3 Å². The van der Waals surface area contributed by atoms with Crippen LogP contribution in [0.1, 0.15) is 17.0 Å². The zero-order valence-corrected chi connectivity index (χ0v) is 12.1. The number of hydrogen-bond acceptors (Lipinski definition) is 2. The van der Waals surface area contributed by atoms with Gasteiger partial charge in [-0.2, -0.15) is 0 Å². The normalized spacial score (nSPS) is 11.1. The smallest absolute Gasteiger partial charge is 0.111 e. The molecule has 0 unspecified atom stereocenters. The van der Waals surface area contributed by atoms with Crippen molar-refractivity contribution in [3.63, 3.8) is 0 Å². The standard InChI is InChI=1S/C16H16ClN3/c1-12-2-3-15-14(10-12)19-16(4-7-17)20(15)11-13-5-8-18-9-6-13/h2-3,5-6,8-10H,4,7,11H2,1H3. The second-order valence-corrected chi connectivity index (χ2v) is 5.28. The fourth-order valence-corrected chi connectivity index (χ4v) is 2.58. The van der Waals surface area contributed by atoms with Gasteiger partial charge >= 0.3 is 0 Å². The van der Waals surface area contributed by atoms with Crippen LogP contribution in [0.2, 0.25) is 0 Å². The molecule has 0 bridgehead atoms. The number of fused-ring (bicyclic) bond motifs is 1. The lowest BCUT2D eigenvalue weighted by molar-refractivity contribution is 0.753. The number of benzene rings is 1. The van der Waals surface area contributed by atoms with Crippen LogP contribution >= 0.6 is 11.6 Å². The third-order valence-corrected chi connectivity index (χ3v) is 3.58. The Labute approximate surface area is 123 Å². The number of pyridine rings is 1. The van der Waals surface area contributed by atoms with Crippen LogP contribution in [0.15, 0.2) is 42.7 Å². The molecule has 0 saturated heterocycles. The highest BCUT2D eigenvalue weighted by molar-refractivity contribution is 6.17. The molecule has 1 aromatic carbocycles. The lowest BCUT2D eigenvalue weighted by atomic mass is 10.2. The van der Waals surface area contributed by atoms with Crippen LogP contribution < -0.4 is 0 Å². The molecular weight excluding hydrogens is 270 g/mol. The summed E-state index contributed by atoms with van der Waals surface area (Å²) in [7, 11) is 0. The Morgan fingerprint density at radius 1 is 1.15 bits per heavy atom. The quantitative estimate of drug-likeness (QED) is 0.686. The van der Waals surface area contributed by atoms with Crippen molar-refractivity contribution < 1.29 is 0 Å². The molecule has 2 heterocycles. The van der Waals surface area contributed by atoms with Gasteiger partial charge in [0.05, 0.1) is 11.0 Å². The highest BCUT2D eigenvalue weighted by atomic mass is 35.5. The fraction of sp³-hybridized carbons (Fsp3) is 0.250. The first-order chi connectivity index (χ1) is 9.78. The van der Waals surface area contributed by atoms with Gasteiger partial charge in [0.25, 0.3) is 0 Å².